The molecule has 1 unspecified atom stereocenters. The Kier molecular flexibility index (Phi) is 6.70. The van der Waals surface area contributed by atoms with Crippen molar-refractivity contribution in [2.24, 2.45) is 0 Å². The molecule has 0 radical (unpaired) electrons. The third-order valence-corrected chi connectivity index (χ3v) is 9.61. The van der Waals surface area contributed by atoms with E-state index in [4.69, 9.17) is 9.47 Å². The summed E-state index contributed by atoms with van der Waals surface area (Å²) >= 11 is 1.56. The lowest BCUT2D eigenvalue weighted by Gasteiger charge is -2.45. The van der Waals surface area contributed by atoms with E-state index in [1.54, 1.807) is 23.9 Å². The van der Waals surface area contributed by atoms with Crippen molar-refractivity contribution in [3.05, 3.63) is 82.4 Å². The topological polar surface area (TPSA) is 99.0 Å². The highest BCUT2D eigenvalue weighted by atomic mass is 32.2. The van der Waals surface area contributed by atoms with Crippen LogP contribution in [-0.4, -0.2) is 39.4 Å². The molecule has 0 aliphatic carbocycles. The van der Waals surface area contributed by atoms with Crippen molar-refractivity contribution in [2.75, 3.05) is 25.1 Å². The number of ether oxygens (including phenoxy) is 2. The van der Waals surface area contributed by atoms with Gasteiger partial charge in [0.05, 0.1) is 24.8 Å². The second kappa shape index (κ2) is 9.43. The Morgan fingerprint density at radius 2 is 1.69 bits per heavy atom. The van der Waals surface area contributed by atoms with Gasteiger partial charge in [-0.15, -0.1) is 11.8 Å². The number of methoxy groups -OCH3 is 2. The van der Waals surface area contributed by atoms with E-state index in [1.165, 1.54) is 42.8 Å². The molecule has 3 aromatic carbocycles. The summed E-state index contributed by atoms with van der Waals surface area (Å²) in [5.41, 5.74) is 0.0974. The lowest BCUT2D eigenvalue weighted by atomic mass is 9.77. The fourth-order valence-electron chi connectivity index (χ4n) is 4.36. The normalized spacial score (nSPS) is 16.9. The molecule has 0 aromatic heterocycles. The molecule has 0 N–H and O–H groups in total. The maximum absolute atomic E-state index is 14.0. The van der Waals surface area contributed by atoms with Gasteiger partial charge in [-0.1, -0.05) is 44.2 Å². The van der Waals surface area contributed by atoms with Crippen molar-refractivity contribution in [1.82, 2.24) is 0 Å². The number of anilines is 1. The van der Waals surface area contributed by atoms with Gasteiger partial charge >= 0.3 is 0 Å². The molecule has 10 heteroatoms. The van der Waals surface area contributed by atoms with E-state index >= 15 is 0 Å². The Morgan fingerprint density at radius 3 is 2.31 bits per heavy atom. The SMILES string of the molecule is COc1cc(OC)c2c(c1)N(S(=O)(=O)c1ccccc1[N+](=O)[O-])CC(Sc1ccccc1)C2(C)C. The molecule has 4 rings (SSSR count). The molecule has 1 aliphatic rings. The quantitative estimate of drug-likeness (QED) is 0.313. The number of nitro benzene ring substituents is 1. The minimum atomic E-state index is -4.31. The number of fused-ring (bicyclic) bond motifs is 1. The van der Waals surface area contributed by atoms with Gasteiger partial charge in [0.25, 0.3) is 15.7 Å². The minimum absolute atomic E-state index is 0.101. The van der Waals surface area contributed by atoms with E-state index in [0.717, 1.165) is 4.90 Å². The van der Waals surface area contributed by atoms with E-state index in [0.29, 0.717) is 22.7 Å². The number of hydrogen-bond acceptors (Lipinski definition) is 7. The molecule has 3 aromatic rings. The average Bonchev–Trinajstić information content (AvgIpc) is 2.85. The smallest absolute Gasteiger partial charge is 0.289 e. The molecule has 1 aliphatic heterocycles. The van der Waals surface area contributed by atoms with Crippen LogP contribution >= 0.6 is 11.8 Å². The standard InChI is InChI=1S/C25H26N2O6S2/c1-25(2)23(34-18-10-6-5-7-11-18)16-26(20-14-17(32-3)15-21(33-4)24(20)25)35(30,31)22-13-9-8-12-19(22)27(28)29/h5-15,23H,16H2,1-4H3. The number of thioether (sulfide) groups is 1. The van der Waals surface area contributed by atoms with Crippen molar-refractivity contribution in [1.29, 1.82) is 0 Å². The van der Waals surface area contributed by atoms with E-state index in [-0.39, 0.29) is 16.7 Å². The highest BCUT2D eigenvalue weighted by molar-refractivity contribution is 8.00. The Labute approximate surface area is 209 Å². The third kappa shape index (κ3) is 4.43. The summed E-state index contributed by atoms with van der Waals surface area (Å²) in [5.74, 6) is 0.916. The van der Waals surface area contributed by atoms with Crippen LogP contribution < -0.4 is 13.8 Å². The summed E-state index contributed by atoms with van der Waals surface area (Å²) < 4.78 is 40.4. The average molecular weight is 515 g/mol. The first-order chi connectivity index (χ1) is 16.6. The lowest BCUT2D eigenvalue weighted by molar-refractivity contribution is -0.387. The second-order valence-electron chi connectivity index (χ2n) is 8.63. The first-order valence-corrected chi connectivity index (χ1v) is 13.2. The number of hydrogen-bond donors (Lipinski definition) is 0. The van der Waals surface area contributed by atoms with Crippen LogP contribution in [0.3, 0.4) is 0 Å². The molecule has 1 atom stereocenters. The maximum Gasteiger partial charge on any atom is 0.289 e. The minimum Gasteiger partial charge on any atom is -0.497 e. The highest BCUT2D eigenvalue weighted by Crippen LogP contribution is 2.52. The van der Waals surface area contributed by atoms with Gasteiger partial charge in [-0.05, 0) is 18.2 Å². The van der Waals surface area contributed by atoms with E-state index in [9.17, 15) is 18.5 Å². The molecule has 0 amide bonds. The number of para-hydroxylation sites is 1. The summed E-state index contributed by atoms with van der Waals surface area (Å²) in [4.78, 5) is 11.6. The first-order valence-electron chi connectivity index (χ1n) is 10.9. The van der Waals surface area contributed by atoms with Crippen molar-refractivity contribution < 1.29 is 22.8 Å². The molecular formula is C25H26N2O6S2. The lowest BCUT2D eigenvalue weighted by Crippen LogP contribution is -2.49. The first kappa shape index (κ1) is 24.9. The summed E-state index contributed by atoms with van der Waals surface area (Å²) in [6, 6.07) is 18.5. The Morgan fingerprint density at radius 1 is 1.03 bits per heavy atom. The number of sulfonamides is 1. The molecule has 8 nitrogen and oxygen atoms in total. The Balaban J connectivity index is 1.96. The number of benzene rings is 3. The van der Waals surface area contributed by atoms with Gasteiger partial charge in [0.15, 0.2) is 4.90 Å². The molecule has 0 saturated carbocycles. The number of rotatable bonds is 7. The second-order valence-corrected chi connectivity index (χ2v) is 11.7. The van der Waals surface area contributed by atoms with Gasteiger partial charge in [-0.25, -0.2) is 8.42 Å². The van der Waals surface area contributed by atoms with Crippen LogP contribution in [0.4, 0.5) is 11.4 Å². The fraction of sp³-hybridized carbons (Fsp3) is 0.280. The fourth-order valence-corrected chi connectivity index (χ4v) is 7.37. The van der Waals surface area contributed by atoms with Crippen molar-refractivity contribution in [3.8, 4) is 11.5 Å². The molecule has 0 saturated heterocycles. The maximum atomic E-state index is 14.0. The number of nitrogens with zero attached hydrogens (tertiary/aromatic N) is 2. The van der Waals surface area contributed by atoms with Crippen LogP contribution in [0.2, 0.25) is 0 Å². The Bertz CT molecular complexity index is 1360. The zero-order chi connectivity index (χ0) is 25.4. The predicted octanol–water partition coefficient (Wildman–Crippen LogP) is 5.26. The molecule has 1 heterocycles. The summed E-state index contributed by atoms with van der Waals surface area (Å²) in [6.45, 7) is 4.21. The van der Waals surface area contributed by atoms with Gasteiger partial charge in [0, 0.05) is 45.9 Å². The summed E-state index contributed by atoms with van der Waals surface area (Å²) in [6.07, 6.45) is 0. The van der Waals surface area contributed by atoms with Crippen LogP contribution in [0, 0.1) is 10.1 Å². The predicted molar refractivity (Wildman–Crippen MR) is 136 cm³/mol. The van der Waals surface area contributed by atoms with Crippen molar-refractivity contribution >= 4 is 33.2 Å². The van der Waals surface area contributed by atoms with Crippen LogP contribution in [0.25, 0.3) is 0 Å². The van der Waals surface area contributed by atoms with E-state index < -0.39 is 26.0 Å². The summed E-state index contributed by atoms with van der Waals surface area (Å²) in [5, 5.41) is 11.5. The van der Waals surface area contributed by atoms with E-state index in [2.05, 4.69) is 13.8 Å². The largest absolute Gasteiger partial charge is 0.497 e. The zero-order valence-corrected chi connectivity index (χ0v) is 21.4. The van der Waals surface area contributed by atoms with Gasteiger partial charge in [0.1, 0.15) is 11.5 Å². The highest BCUT2D eigenvalue weighted by Gasteiger charge is 2.47. The van der Waals surface area contributed by atoms with Crippen molar-refractivity contribution in [2.45, 2.75) is 34.3 Å². The molecule has 35 heavy (non-hydrogen) atoms. The Hall–Kier alpha value is -3.24. The van der Waals surface area contributed by atoms with E-state index in [1.807, 2.05) is 30.3 Å². The summed E-state index contributed by atoms with van der Waals surface area (Å²) in [7, 11) is -1.29. The van der Waals surface area contributed by atoms with Gasteiger partial charge in [0.2, 0.25) is 0 Å². The molecule has 0 spiro atoms. The zero-order valence-electron chi connectivity index (χ0n) is 19.8. The molecule has 0 bridgehead atoms. The van der Waals surface area contributed by atoms with Gasteiger partial charge in [-0.2, -0.15) is 0 Å². The number of nitro groups is 1. The van der Waals surface area contributed by atoms with Gasteiger partial charge < -0.3 is 9.47 Å². The van der Waals surface area contributed by atoms with Gasteiger partial charge in [-0.3, -0.25) is 14.4 Å². The van der Waals surface area contributed by atoms with Crippen LogP contribution in [0.5, 0.6) is 11.5 Å². The molecule has 0 fully saturated rings. The third-order valence-electron chi connectivity index (χ3n) is 6.21. The molecule has 184 valence electrons. The van der Waals surface area contributed by atoms with Crippen molar-refractivity contribution in [3.63, 3.8) is 0 Å². The van der Waals surface area contributed by atoms with Crippen LogP contribution in [-0.2, 0) is 15.4 Å². The van der Waals surface area contributed by atoms with Crippen LogP contribution in [0.1, 0.15) is 19.4 Å². The monoisotopic (exact) mass is 514 g/mol. The van der Waals surface area contributed by atoms with Crippen LogP contribution in [0.15, 0.2) is 76.5 Å². The molecular weight excluding hydrogens is 488 g/mol.